The van der Waals surface area contributed by atoms with Crippen LogP contribution < -0.4 is 5.32 Å². The lowest BCUT2D eigenvalue weighted by molar-refractivity contribution is -0.131. The standard InChI is InChI=1S/C19H22FN3O2S/c1-14(24)23-10-8-22(9-11-23)13-18(25)21-19(17-3-2-12-26-17)15-4-6-16(20)7-5-15/h2-7,12,19H,8-11,13H2,1H3,(H,21,25). The van der Waals surface area contributed by atoms with Crippen LogP contribution >= 0.6 is 11.3 Å². The highest BCUT2D eigenvalue weighted by Crippen LogP contribution is 2.26. The first-order chi connectivity index (χ1) is 12.5. The third-order valence-electron chi connectivity index (χ3n) is 4.52. The van der Waals surface area contributed by atoms with E-state index in [1.807, 2.05) is 22.4 Å². The van der Waals surface area contributed by atoms with Gasteiger partial charge < -0.3 is 10.2 Å². The second-order valence-electron chi connectivity index (χ2n) is 6.35. The summed E-state index contributed by atoms with van der Waals surface area (Å²) < 4.78 is 13.2. The highest BCUT2D eigenvalue weighted by molar-refractivity contribution is 7.10. The number of thiophene rings is 1. The summed E-state index contributed by atoms with van der Waals surface area (Å²) in [7, 11) is 0. The van der Waals surface area contributed by atoms with Crippen molar-refractivity contribution < 1.29 is 14.0 Å². The summed E-state index contributed by atoms with van der Waals surface area (Å²) in [5.74, 6) is -0.305. The van der Waals surface area contributed by atoms with Crippen LogP contribution in [0.5, 0.6) is 0 Å². The first kappa shape index (κ1) is 18.5. The van der Waals surface area contributed by atoms with E-state index in [1.165, 1.54) is 12.1 Å². The molecule has 1 unspecified atom stereocenters. The van der Waals surface area contributed by atoms with Gasteiger partial charge in [0, 0.05) is 38.0 Å². The molecule has 1 atom stereocenters. The molecule has 1 aromatic heterocycles. The number of hydrogen-bond acceptors (Lipinski definition) is 4. The normalized spacial score (nSPS) is 16.3. The summed E-state index contributed by atoms with van der Waals surface area (Å²) in [6, 6.07) is 9.82. The van der Waals surface area contributed by atoms with Gasteiger partial charge in [-0.1, -0.05) is 18.2 Å². The average Bonchev–Trinajstić information content (AvgIpc) is 3.15. The summed E-state index contributed by atoms with van der Waals surface area (Å²) in [5.41, 5.74) is 0.851. The Balaban J connectivity index is 1.63. The molecule has 2 aromatic rings. The van der Waals surface area contributed by atoms with Gasteiger partial charge in [-0.15, -0.1) is 11.3 Å². The van der Waals surface area contributed by atoms with Crippen molar-refractivity contribution in [2.75, 3.05) is 32.7 Å². The molecule has 0 saturated carbocycles. The molecule has 3 rings (SSSR count). The predicted octanol–water partition coefficient (Wildman–Crippen LogP) is 2.26. The van der Waals surface area contributed by atoms with Crippen LogP contribution in [0, 0.1) is 5.82 Å². The first-order valence-electron chi connectivity index (χ1n) is 8.59. The Morgan fingerprint density at radius 1 is 1.15 bits per heavy atom. The van der Waals surface area contributed by atoms with Crippen molar-refractivity contribution in [2.24, 2.45) is 0 Å². The third kappa shape index (κ3) is 4.68. The molecular formula is C19H22FN3O2S. The molecule has 0 spiro atoms. The lowest BCUT2D eigenvalue weighted by atomic mass is 10.1. The van der Waals surface area contributed by atoms with Crippen molar-refractivity contribution in [3.05, 3.63) is 58.0 Å². The molecule has 1 fully saturated rings. The summed E-state index contributed by atoms with van der Waals surface area (Å²) in [6.45, 7) is 4.52. The quantitative estimate of drug-likeness (QED) is 0.872. The number of rotatable bonds is 5. The monoisotopic (exact) mass is 375 g/mol. The number of nitrogens with zero attached hydrogens (tertiary/aromatic N) is 2. The van der Waals surface area contributed by atoms with Gasteiger partial charge in [-0.3, -0.25) is 14.5 Å². The van der Waals surface area contributed by atoms with Crippen LogP contribution in [0.3, 0.4) is 0 Å². The van der Waals surface area contributed by atoms with Crippen LogP contribution in [0.25, 0.3) is 0 Å². The Morgan fingerprint density at radius 3 is 2.42 bits per heavy atom. The molecule has 138 valence electrons. The fraction of sp³-hybridized carbons (Fsp3) is 0.368. The van der Waals surface area contributed by atoms with Gasteiger partial charge in [0.15, 0.2) is 0 Å². The van der Waals surface area contributed by atoms with E-state index >= 15 is 0 Å². The maximum Gasteiger partial charge on any atom is 0.234 e. The highest BCUT2D eigenvalue weighted by Gasteiger charge is 2.23. The van der Waals surface area contributed by atoms with E-state index in [4.69, 9.17) is 0 Å². The molecule has 2 heterocycles. The highest BCUT2D eigenvalue weighted by atomic mass is 32.1. The minimum absolute atomic E-state index is 0.0724. The first-order valence-corrected chi connectivity index (χ1v) is 9.47. The topological polar surface area (TPSA) is 52.7 Å². The predicted molar refractivity (Wildman–Crippen MR) is 99.4 cm³/mol. The van der Waals surface area contributed by atoms with Crippen LogP contribution in [0.2, 0.25) is 0 Å². The fourth-order valence-corrected chi connectivity index (χ4v) is 3.86. The molecule has 1 N–H and O–H groups in total. The zero-order valence-electron chi connectivity index (χ0n) is 14.7. The Hall–Kier alpha value is -2.25. The second kappa shape index (κ2) is 8.42. The van der Waals surface area contributed by atoms with Crippen LogP contribution in [-0.2, 0) is 9.59 Å². The van der Waals surface area contributed by atoms with Gasteiger partial charge in [0.2, 0.25) is 11.8 Å². The van der Waals surface area contributed by atoms with Gasteiger partial charge in [0.05, 0.1) is 12.6 Å². The van der Waals surface area contributed by atoms with Crippen molar-refractivity contribution in [3.8, 4) is 0 Å². The van der Waals surface area contributed by atoms with E-state index in [9.17, 15) is 14.0 Å². The van der Waals surface area contributed by atoms with E-state index in [-0.39, 0.29) is 30.2 Å². The largest absolute Gasteiger partial charge is 0.343 e. The van der Waals surface area contributed by atoms with Gasteiger partial charge in [0.1, 0.15) is 5.82 Å². The molecule has 0 aliphatic carbocycles. The van der Waals surface area contributed by atoms with Crippen molar-refractivity contribution in [1.82, 2.24) is 15.1 Å². The lowest BCUT2D eigenvalue weighted by Crippen LogP contribution is -2.50. The molecule has 0 radical (unpaired) electrons. The molecule has 26 heavy (non-hydrogen) atoms. The Bertz CT molecular complexity index is 741. The zero-order chi connectivity index (χ0) is 18.5. The summed E-state index contributed by atoms with van der Waals surface area (Å²) in [6.07, 6.45) is 0. The molecule has 1 aliphatic heterocycles. The zero-order valence-corrected chi connectivity index (χ0v) is 15.5. The fourth-order valence-electron chi connectivity index (χ4n) is 3.06. The molecule has 5 nitrogen and oxygen atoms in total. The molecule has 7 heteroatoms. The smallest absolute Gasteiger partial charge is 0.234 e. The maximum absolute atomic E-state index is 13.2. The van der Waals surface area contributed by atoms with Crippen molar-refractivity contribution in [1.29, 1.82) is 0 Å². The Labute approximate surface area is 156 Å². The number of hydrogen-bond donors (Lipinski definition) is 1. The van der Waals surface area contributed by atoms with E-state index < -0.39 is 0 Å². The van der Waals surface area contributed by atoms with Crippen LogP contribution in [-0.4, -0.2) is 54.3 Å². The van der Waals surface area contributed by atoms with Crippen molar-refractivity contribution >= 4 is 23.2 Å². The van der Waals surface area contributed by atoms with Gasteiger partial charge in [-0.25, -0.2) is 4.39 Å². The van der Waals surface area contributed by atoms with Gasteiger partial charge in [-0.05, 0) is 29.1 Å². The van der Waals surface area contributed by atoms with Crippen LogP contribution in [0.4, 0.5) is 4.39 Å². The number of amides is 2. The second-order valence-corrected chi connectivity index (χ2v) is 7.33. The number of halogens is 1. The molecular weight excluding hydrogens is 353 g/mol. The van der Waals surface area contributed by atoms with Gasteiger partial charge in [0.25, 0.3) is 0 Å². The number of nitrogens with one attached hydrogen (secondary N) is 1. The van der Waals surface area contributed by atoms with Crippen molar-refractivity contribution in [2.45, 2.75) is 13.0 Å². The number of benzene rings is 1. The minimum Gasteiger partial charge on any atom is -0.343 e. The molecule has 1 aliphatic rings. The average molecular weight is 375 g/mol. The van der Waals surface area contributed by atoms with E-state index in [1.54, 1.807) is 35.3 Å². The third-order valence-corrected chi connectivity index (χ3v) is 5.46. The number of carbonyl (C=O) groups is 2. The minimum atomic E-state index is -0.298. The molecule has 1 saturated heterocycles. The summed E-state index contributed by atoms with van der Waals surface area (Å²) in [5, 5.41) is 5.02. The van der Waals surface area contributed by atoms with Crippen molar-refractivity contribution in [3.63, 3.8) is 0 Å². The number of carbonyl (C=O) groups excluding carboxylic acids is 2. The lowest BCUT2D eigenvalue weighted by Gasteiger charge is -2.34. The van der Waals surface area contributed by atoms with E-state index in [0.29, 0.717) is 26.2 Å². The van der Waals surface area contributed by atoms with Gasteiger partial charge in [-0.2, -0.15) is 0 Å². The molecule has 1 aromatic carbocycles. The van der Waals surface area contributed by atoms with Crippen LogP contribution in [0.15, 0.2) is 41.8 Å². The Kier molecular flexibility index (Phi) is 6.00. The number of piperazine rings is 1. The SMILES string of the molecule is CC(=O)N1CCN(CC(=O)NC(c2ccc(F)cc2)c2cccs2)CC1. The summed E-state index contributed by atoms with van der Waals surface area (Å²) >= 11 is 1.56. The Morgan fingerprint density at radius 2 is 1.85 bits per heavy atom. The maximum atomic E-state index is 13.2. The van der Waals surface area contributed by atoms with E-state index in [2.05, 4.69) is 5.32 Å². The molecule has 0 bridgehead atoms. The van der Waals surface area contributed by atoms with E-state index in [0.717, 1.165) is 10.4 Å². The van der Waals surface area contributed by atoms with Crippen LogP contribution in [0.1, 0.15) is 23.4 Å². The summed E-state index contributed by atoms with van der Waals surface area (Å²) in [4.78, 5) is 28.8. The van der Waals surface area contributed by atoms with Gasteiger partial charge >= 0.3 is 0 Å². The molecule has 2 amide bonds.